The highest BCUT2D eigenvalue weighted by Crippen LogP contribution is 1.94. The Morgan fingerprint density at radius 3 is 2.22 bits per heavy atom. The van der Waals surface area contributed by atoms with Crippen molar-refractivity contribution in [3.05, 3.63) is 0 Å². The highest BCUT2D eigenvalue weighted by molar-refractivity contribution is 5.65. The Morgan fingerprint density at radius 2 is 2.11 bits per heavy atom. The van der Waals surface area contributed by atoms with Crippen LogP contribution in [0.3, 0.4) is 0 Å². The third kappa shape index (κ3) is 1.99. The fourth-order valence-electron chi connectivity index (χ4n) is 0.318. The van der Waals surface area contributed by atoms with Gasteiger partial charge in [0.15, 0.2) is 0 Å². The molecule has 0 spiro atoms. The Kier molecular flexibility index (Phi) is 2.61. The minimum Gasteiger partial charge on any atom is -0.244 e. The largest absolute Gasteiger partial charge is 0.430 e. The van der Waals surface area contributed by atoms with Crippen LogP contribution in [0.4, 0.5) is 4.79 Å². The van der Waals surface area contributed by atoms with Gasteiger partial charge in [-0.3, -0.25) is 0 Å². The molecule has 0 saturated heterocycles. The summed E-state index contributed by atoms with van der Waals surface area (Å²) in [6, 6.07) is -0.169. The van der Waals surface area contributed by atoms with Crippen molar-refractivity contribution in [1.82, 2.24) is 5.43 Å². The van der Waals surface area contributed by atoms with Crippen LogP contribution in [0.15, 0.2) is 0 Å². The van der Waals surface area contributed by atoms with Gasteiger partial charge in [-0.15, -0.1) is 0 Å². The first-order valence-electron chi connectivity index (χ1n) is 2.88. The normalized spacial score (nSPS) is 11.1. The van der Waals surface area contributed by atoms with Gasteiger partial charge in [0.05, 0.1) is 20.6 Å². The number of nitrogens with zero attached hydrogens (tertiary/aromatic N) is 1. The minimum atomic E-state index is -0.169. The molecule has 2 amide bonds. The van der Waals surface area contributed by atoms with E-state index < -0.39 is 0 Å². The fraction of sp³-hybridized carbons (Fsp3) is 0.800. The maximum atomic E-state index is 10.8. The maximum absolute atomic E-state index is 10.8. The molecule has 0 aliphatic heterocycles. The zero-order valence-electron chi connectivity index (χ0n) is 6.14. The molecule has 0 rings (SSSR count). The van der Waals surface area contributed by atoms with Gasteiger partial charge < -0.3 is 0 Å². The molecule has 0 aromatic rings. The van der Waals surface area contributed by atoms with Gasteiger partial charge >= 0.3 is 6.03 Å². The van der Waals surface area contributed by atoms with Crippen LogP contribution in [0.2, 0.25) is 0 Å². The second kappa shape index (κ2) is 2.80. The molecule has 4 nitrogen and oxygen atoms in total. The van der Waals surface area contributed by atoms with Crippen LogP contribution in [0.25, 0.3) is 0 Å². The van der Waals surface area contributed by atoms with Crippen molar-refractivity contribution in [1.29, 1.82) is 0 Å². The summed E-state index contributed by atoms with van der Waals surface area (Å²) in [6.07, 6.45) is 0. The molecule has 0 unspecified atom stereocenters. The summed E-state index contributed by atoms with van der Waals surface area (Å²) in [4.78, 5) is 10.8. The summed E-state index contributed by atoms with van der Waals surface area (Å²) in [6.45, 7) is 2.66. The molecule has 0 heterocycles. The number of hydrogen-bond donors (Lipinski definition) is 2. The van der Waals surface area contributed by atoms with Crippen molar-refractivity contribution >= 4 is 6.03 Å². The molecule has 0 aromatic heterocycles. The van der Waals surface area contributed by atoms with Crippen LogP contribution < -0.4 is 11.3 Å². The van der Waals surface area contributed by atoms with Crippen LogP contribution in [0.1, 0.15) is 6.92 Å². The van der Waals surface area contributed by atoms with E-state index in [0.717, 1.165) is 6.54 Å². The fourth-order valence-corrected chi connectivity index (χ4v) is 0.318. The summed E-state index contributed by atoms with van der Waals surface area (Å²) in [5.74, 6) is 4.92. The van der Waals surface area contributed by atoms with Crippen molar-refractivity contribution in [3.8, 4) is 0 Å². The summed E-state index contributed by atoms with van der Waals surface area (Å²) < 4.78 is 0.274. The van der Waals surface area contributed by atoms with E-state index in [2.05, 4.69) is 5.43 Å². The highest BCUT2D eigenvalue weighted by atomic mass is 16.2. The van der Waals surface area contributed by atoms with Crippen molar-refractivity contribution in [2.45, 2.75) is 6.92 Å². The van der Waals surface area contributed by atoms with E-state index in [1.54, 1.807) is 14.1 Å². The van der Waals surface area contributed by atoms with Crippen LogP contribution >= 0.6 is 0 Å². The van der Waals surface area contributed by atoms with Crippen molar-refractivity contribution < 1.29 is 9.28 Å². The van der Waals surface area contributed by atoms with Crippen molar-refractivity contribution in [2.75, 3.05) is 20.6 Å². The molecule has 0 bridgehead atoms. The van der Waals surface area contributed by atoms with Crippen molar-refractivity contribution in [2.24, 2.45) is 5.84 Å². The van der Waals surface area contributed by atoms with Gasteiger partial charge in [0.1, 0.15) is 0 Å². The second-order valence-corrected chi connectivity index (χ2v) is 2.45. The number of quaternary nitrogens is 1. The van der Waals surface area contributed by atoms with Gasteiger partial charge in [-0.1, -0.05) is 0 Å². The van der Waals surface area contributed by atoms with Crippen molar-refractivity contribution in [3.63, 3.8) is 0 Å². The van der Waals surface area contributed by atoms with Gasteiger partial charge in [-0.05, 0) is 6.92 Å². The third-order valence-corrected chi connectivity index (χ3v) is 1.46. The zero-order chi connectivity index (χ0) is 7.49. The monoisotopic (exact) mass is 132 g/mol. The minimum absolute atomic E-state index is 0.169. The molecule has 54 valence electrons. The van der Waals surface area contributed by atoms with E-state index in [1.165, 1.54) is 0 Å². The number of amides is 2. The van der Waals surface area contributed by atoms with Gasteiger partial charge in [0.2, 0.25) is 0 Å². The lowest BCUT2D eigenvalue weighted by Crippen LogP contribution is -2.53. The molecule has 0 aliphatic carbocycles. The molecular formula is C5H14N3O+. The number of carbonyl (C=O) groups excluding carboxylic acids is 1. The number of nitrogens with two attached hydrogens (primary N) is 1. The van der Waals surface area contributed by atoms with Crippen LogP contribution in [0.5, 0.6) is 0 Å². The van der Waals surface area contributed by atoms with Gasteiger partial charge in [-0.2, -0.15) is 0 Å². The number of hydrazine groups is 1. The number of hydrogen-bond acceptors (Lipinski definition) is 2. The standard InChI is InChI=1S/C5H13N3O/c1-4-8(2,3)5(9)7-6/h4,6H2,1-3H3/p+1. The summed E-state index contributed by atoms with van der Waals surface area (Å²) >= 11 is 0. The summed E-state index contributed by atoms with van der Waals surface area (Å²) in [5.41, 5.74) is 2.09. The van der Waals surface area contributed by atoms with Gasteiger partial charge in [-0.25, -0.2) is 20.5 Å². The first-order chi connectivity index (χ1) is 4.04. The zero-order valence-corrected chi connectivity index (χ0v) is 6.14. The molecule has 0 atom stereocenters. The van der Waals surface area contributed by atoms with Crippen LogP contribution in [-0.4, -0.2) is 31.2 Å². The Balaban J connectivity index is 3.97. The Labute approximate surface area is 55.2 Å². The predicted octanol–water partition coefficient (Wildman–Crippen LogP) is -0.334. The van der Waals surface area contributed by atoms with E-state index in [0.29, 0.717) is 0 Å². The summed E-state index contributed by atoms with van der Waals surface area (Å²) in [5, 5.41) is 0. The Bertz CT molecular complexity index is 111. The van der Waals surface area contributed by atoms with E-state index in [1.807, 2.05) is 6.92 Å². The van der Waals surface area contributed by atoms with E-state index in [4.69, 9.17) is 5.84 Å². The number of rotatable bonds is 1. The molecule has 4 heteroatoms. The molecule has 9 heavy (non-hydrogen) atoms. The van der Waals surface area contributed by atoms with E-state index in [-0.39, 0.29) is 10.5 Å². The van der Waals surface area contributed by atoms with Gasteiger partial charge in [0, 0.05) is 0 Å². The maximum Gasteiger partial charge on any atom is 0.430 e. The Hall–Kier alpha value is -0.610. The molecule has 0 radical (unpaired) electrons. The Morgan fingerprint density at radius 1 is 1.67 bits per heavy atom. The lowest BCUT2D eigenvalue weighted by atomic mass is 10.5. The number of nitrogens with one attached hydrogen (secondary N) is 1. The number of carbonyl (C=O) groups is 1. The molecule has 0 aromatic carbocycles. The lowest BCUT2D eigenvalue weighted by Gasteiger charge is -2.23. The van der Waals surface area contributed by atoms with Crippen LogP contribution in [0, 0.1) is 0 Å². The average Bonchev–Trinajstić information content (AvgIpc) is 1.86. The topological polar surface area (TPSA) is 55.1 Å². The quantitative estimate of drug-likeness (QED) is 0.222. The molecular weight excluding hydrogens is 118 g/mol. The molecule has 0 aliphatic rings. The molecule has 0 fully saturated rings. The smallest absolute Gasteiger partial charge is 0.244 e. The summed E-state index contributed by atoms with van der Waals surface area (Å²) in [7, 11) is 3.59. The number of urea groups is 1. The first-order valence-corrected chi connectivity index (χ1v) is 2.88. The lowest BCUT2D eigenvalue weighted by molar-refractivity contribution is -0.807. The molecule has 0 saturated carbocycles. The van der Waals surface area contributed by atoms with Gasteiger partial charge in [0.25, 0.3) is 0 Å². The second-order valence-electron chi connectivity index (χ2n) is 2.45. The first kappa shape index (κ1) is 8.39. The average molecular weight is 132 g/mol. The predicted molar refractivity (Wildman–Crippen MR) is 35.4 cm³/mol. The van der Waals surface area contributed by atoms with Crippen LogP contribution in [-0.2, 0) is 0 Å². The molecule has 3 N–H and O–H groups in total. The SMILES string of the molecule is CC[N+](C)(C)C(=O)NN. The van der Waals surface area contributed by atoms with E-state index >= 15 is 0 Å². The van der Waals surface area contributed by atoms with E-state index in [9.17, 15) is 4.79 Å². The highest BCUT2D eigenvalue weighted by Gasteiger charge is 2.21. The third-order valence-electron chi connectivity index (χ3n) is 1.46.